The van der Waals surface area contributed by atoms with Gasteiger partial charge in [0, 0.05) is 12.3 Å². The molecule has 4 aliphatic carbocycles. The van der Waals surface area contributed by atoms with Gasteiger partial charge in [-0.05, 0) is 97.7 Å². The normalized spacial score (nSPS) is 43.8. The second kappa shape index (κ2) is 7.83. The Labute approximate surface area is 180 Å². The van der Waals surface area contributed by atoms with Gasteiger partial charge in [-0.1, -0.05) is 59.6 Å². The molecule has 0 saturated heterocycles. The van der Waals surface area contributed by atoms with E-state index < -0.39 is 0 Å². The maximum atomic E-state index is 12.8. The Morgan fingerprint density at radius 1 is 1.03 bits per heavy atom. The molecule has 4 rings (SSSR count). The monoisotopic (exact) mass is 398 g/mol. The fourth-order valence-corrected chi connectivity index (χ4v) is 8.69. The molecule has 0 amide bonds. The predicted molar refractivity (Wildman–Crippen MR) is 123 cm³/mol. The number of ketones is 1. The Kier molecular flexibility index (Phi) is 5.84. The van der Waals surface area contributed by atoms with E-state index >= 15 is 0 Å². The summed E-state index contributed by atoms with van der Waals surface area (Å²) in [6.07, 6.45) is 16.1. The minimum atomic E-state index is 0.214. The smallest absolute Gasteiger partial charge is 0.136 e. The second-order valence-corrected chi connectivity index (χ2v) is 12.4. The Morgan fingerprint density at radius 2 is 1.79 bits per heavy atom. The van der Waals surface area contributed by atoms with Gasteiger partial charge in [-0.25, -0.2) is 0 Å². The van der Waals surface area contributed by atoms with Gasteiger partial charge in [0.05, 0.1) is 0 Å². The Morgan fingerprint density at radius 3 is 2.52 bits per heavy atom. The van der Waals surface area contributed by atoms with E-state index in [1.165, 1.54) is 57.8 Å². The lowest BCUT2D eigenvalue weighted by Gasteiger charge is -2.58. The molecule has 0 aromatic carbocycles. The van der Waals surface area contributed by atoms with Crippen LogP contribution in [0.4, 0.5) is 0 Å². The summed E-state index contributed by atoms with van der Waals surface area (Å²) in [5.41, 5.74) is 2.80. The highest BCUT2D eigenvalue weighted by Crippen LogP contribution is 2.67. The number of Topliss-reactive ketones (excluding diaryl/α,β-unsaturated/α-hetero) is 1. The standard InChI is InChI=1S/C28H46O/c1-18(2)20(4)26(29)17-19(3)23-12-13-24-22-11-10-21-9-7-8-15-27(21,5)25(22)14-16-28(23,24)6/h10,18-20,22-25H,7-9,11-17H2,1-6H3/t19-,20+,22+,23-,24+,25+,27+,28-/m1/s1. The maximum Gasteiger partial charge on any atom is 0.136 e. The molecule has 1 heteroatoms. The molecule has 0 N–H and O–H groups in total. The van der Waals surface area contributed by atoms with Crippen LogP contribution in [0.2, 0.25) is 0 Å². The van der Waals surface area contributed by atoms with Crippen LogP contribution in [0, 0.1) is 52.3 Å². The summed E-state index contributed by atoms with van der Waals surface area (Å²) in [6, 6.07) is 0. The molecular formula is C28H46O. The van der Waals surface area contributed by atoms with E-state index in [0.29, 0.717) is 28.4 Å². The van der Waals surface area contributed by atoms with Crippen molar-refractivity contribution < 1.29 is 4.79 Å². The first-order chi connectivity index (χ1) is 13.7. The summed E-state index contributed by atoms with van der Waals surface area (Å²) in [7, 11) is 0. The Hall–Kier alpha value is -0.590. The first-order valence-electron chi connectivity index (χ1n) is 12.9. The molecule has 0 aromatic heterocycles. The average molecular weight is 399 g/mol. The first-order valence-corrected chi connectivity index (χ1v) is 12.9. The van der Waals surface area contributed by atoms with Crippen LogP contribution in [0.5, 0.6) is 0 Å². The van der Waals surface area contributed by atoms with Gasteiger partial charge in [0.2, 0.25) is 0 Å². The number of carbonyl (C=O) groups excluding carboxylic acids is 1. The quantitative estimate of drug-likeness (QED) is 0.431. The van der Waals surface area contributed by atoms with E-state index in [1.807, 2.05) is 5.57 Å². The van der Waals surface area contributed by atoms with E-state index in [2.05, 4.69) is 47.6 Å². The molecule has 0 unspecified atom stereocenters. The van der Waals surface area contributed by atoms with Gasteiger partial charge in [0.1, 0.15) is 5.78 Å². The van der Waals surface area contributed by atoms with E-state index in [0.717, 1.165) is 30.1 Å². The van der Waals surface area contributed by atoms with E-state index in [4.69, 9.17) is 0 Å². The van der Waals surface area contributed by atoms with Gasteiger partial charge in [0.25, 0.3) is 0 Å². The van der Waals surface area contributed by atoms with Gasteiger partial charge >= 0.3 is 0 Å². The number of carbonyl (C=O) groups is 1. The number of allylic oxidation sites excluding steroid dienone is 2. The zero-order chi connectivity index (χ0) is 21.0. The fourth-order valence-electron chi connectivity index (χ4n) is 8.69. The van der Waals surface area contributed by atoms with Crippen LogP contribution in [-0.4, -0.2) is 5.78 Å². The minimum absolute atomic E-state index is 0.214. The van der Waals surface area contributed by atoms with E-state index in [9.17, 15) is 4.79 Å². The van der Waals surface area contributed by atoms with E-state index in [-0.39, 0.29) is 5.92 Å². The van der Waals surface area contributed by atoms with Crippen LogP contribution in [0.1, 0.15) is 106 Å². The molecule has 29 heavy (non-hydrogen) atoms. The van der Waals surface area contributed by atoms with Gasteiger partial charge in [-0.15, -0.1) is 0 Å². The SMILES string of the molecule is CC(C)[C@H](C)C(=O)C[C@@H](C)[C@H]1CC[C@H]2[C@@H]3CC=C4CCCC[C@]4(C)[C@H]3CC[C@]12C. The number of hydrogen-bond acceptors (Lipinski definition) is 1. The third-order valence-electron chi connectivity index (χ3n) is 10.8. The van der Waals surface area contributed by atoms with Crippen molar-refractivity contribution in [2.75, 3.05) is 0 Å². The second-order valence-electron chi connectivity index (χ2n) is 12.4. The zero-order valence-corrected chi connectivity index (χ0v) is 20.1. The molecule has 4 aliphatic rings. The van der Waals surface area contributed by atoms with Crippen LogP contribution < -0.4 is 0 Å². The molecule has 1 nitrogen and oxygen atoms in total. The summed E-state index contributed by atoms with van der Waals surface area (Å²) in [4.78, 5) is 12.8. The Balaban J connectivity index is 1.51. The van der Waals surface area contributed by atoms with Crippen molar-refractivity contribution in [3.63, 3.8) is 0 Å². The number of hydrogen-bond donors (Lipinski definition) is 0. The molecule has 8 atom stereocenters. The minimum Gasteiger partial charge on any atom is -0.299 e. The van der Waals surface area contributed by atoms with Gasteiger partial charge in [0.15, 0.2) is 0 Å². The van der Waals surface area contributed by atoms with Gasteiger partial charge < -0.3 is 0 Å². The lowest BCUT2D eigenvalue weighted by molar-refractivity contribution is -0.125. The highest BCUT2D eigenvalue weighted by Gasteiger charge is 2.58. The average Bonchev–Trinajstić information content (AvgIpc) is 3.04. The highest BCUT2D eigenvalue weighted by atomic mass is 16.1. The van der Waals surface area contributed by atoms with Crippen molar-refractivity contribution in [3.8, 4) is 0 Å². The van der Waals surface area contributed by atoms with Crippen molar-refractivity contribution in [3.05, 3.63) is 11.6 Å². The molecule has 0 bridgehead atoms. The molecule has 0 spiro atoms. The van der Waals surface area contributed by atoms with Crippen molar-refractivity contribution in [1.29, 1.82) is 0 Å². The topological polar surface area (TPSA) is 17.1 Å². The lowest BCUT2D eigenvalue weighted by atomic mass is 9.47. The molecular weight excluding hydrogens is 352 g/mol. The van der Waals surface area contributed by atoms with Crippen molar-refractivity contribution in [2.45, 2.75) is 106 Å². The Bertz CT molecular complexity index is 659. The largest absolute Gasteiger partial charge is 0.299 e. The predicted octanol–water partition coefficient (Wildman–Crippen LogP) is 7.84. The maximum absolute atomic E-state index is 12.8. The third-order valence-corrected chi connectivity index (χ3v) is 10.8. The zero-order valence-electron chi connectivity index (χ0n) is 20.1. The van der Waals surface area contributed by atoms with E-state index in [1.54, 1.807) is 0 Å². The number of fused-ring (bicyclic) bond motifs is 5. The summed E-state index contributed by atoms with van der Waals surface area (Å²) < 4.78 is 0. The van der Waals surface area contributed by atoms with Crippen LogP contribution >= 0.6 is 0 Å². The van der Waals surface area contributed by atoms with Gasteiger partial charge in [-0.3, -0.25) is 4.79 Å². The lowest BCUT2D eigenvalue weighted by Crippen LogP contribution is -2.50. The number of rotatable bonds is 5. The molecule has 0 heterocycles. The summed E-state index contributed by atoms with van der Waals surface area (Å²) in [6.45, 7) is 14.2. The van der Waals surface area contributed by atoms with Crippen molar-refractivity contribution in [2.24, 2.45) is 52.3 Å². The molecule has 0 aliphatic heterocycles. The molecule has 0 radical (unpaired) electrons. The molecule has 3 saturated carbocycles. The van der Waals surface area contributed by atoms with Crippen molar-refractivity contribution in [1.82, 2.24) is 0 Å². The van der Waals surface area contributed by atoms with Gasteiger partial charge in [-0.2, -0.15) is 0 Å². The molecule has 3 fully saturated rings. The van der Waals surface area contributed by atoms with Crippen LogP contribution in [0.15, 0.2) is 11.6 Å². The summed E-state index contributed by atoms with van der Waals surface area (Å²) >= 11 is 0. The third kappa shape index (κ3) is 3.47. The van der Waals surface area contributed by atoms with Crippen LogP contribution in [0.25, 0.3) is 0 Å². The summed E-state index contributed by atoms with van der Waals surface area (Å²) in [5, 5.41) is 0. The fraction of sp³-hybridized carbons (Fsp3) is 0.893. The van der Waals surface area contributed by atoms with Crippen LogP contribution in [-0.2, 0) is 4.79 Å². The van der Waals surface area contributed by atoms with Crippen molar-refractivity contribution >= 4 is 5.78 Å². The molecule has 164 valence electrons. The summed E-state index contributed by atoms with van der Waals surface area (Å²) in [5.74, 6) is 5.22. The molecule has 0 aromatic rings. The highest BCUT2D eigenvalue weighted by molar-refractivity contribution is 5.81. The first kappa shape index (κ1) is 21.6. The van der Waals surface area contributed by atoms with Crippen LogP contribution in [0.3, 0.4) is 0 Å².